The van der Waals surface area contributed by atoms with Gasteiger partial charge in [0, 0.05) is 0 Å². The molecule has 0 bridgehead atoms. The van der Waals surface area contributed by atoms with Gasteiger partial charge in [0.25, 0.3) is 0 Å². The second-order valence-electron chi connectivity index (χ2n) is 4.86. The van der Waals surface area contributed by atoms with Crippen LogP contribution in [0.3, 0.4) is 0 Å². The minimum Gasteiger partial charge on any atom is -0.307 e. The van der Waals surface area contributed by atoms with Gasteiger partial charge in [0.15, 0.2) is 0 Å². The summed E-state index contributed by atoms with van der Waals surface area (Å²) in [7, 11) is 0. The zero-order chi connectivity index (χ0) is 18.9. The lowest BCUT2D eigenvalue weighted by atomic mass is 10.2. The van der Waals surface area contributed by atoms with Gasteiger partial charge in [-0.2, -0.15) is 0 Å². The number of aryl methyl sites for hydroxylation is 1. The topological polar surface area (TPSA) is 51.2 Å². The smallest absolute Gasteiger partial charge is 0.126 e. The molecule has 0 atom stereocenters. The second-order valence-corrected chi connectivity index (χ2v) is 4.86. The molecule has 0 saturated carbocycles. The van der Waals surface area contributed by atoms with E-state index in [0.29, 0.717) is 0 Å². The van der Waals surface area contributed by atoms with Gasteiger partial charge in [-0.15, -0.1) is 0 Å². The third-order valence-electron chi connectivity index (χ3n) is 2.15. The Morgan fingerprint density at radius 2 is 1.26 bits per heavy atom. The number of ketones is 1. The summed E-state index contributed by atoms with van der Waals surface area (Å²) in [6.07, 6.45) is 7.76. The monoisotopic (exact) mass is 324 g/mol. The molecule has 0 aliphatic rings. The maximum absolute atomic E-state index is 9.44. The van der Waals surface area contributed by atoms with E-state index in [-0.39, 0.29) is 5.78 Å². The fourth-order valence-corrected chi connectivity index (χ4v) is 1.21. The molecule has 0 aliphatic carbocycles. The van der Waals surface area contributed by atoms with Crippen molar-refractivity contribution < 1.29 is 14.4 Å². The van der Waals surface area contributed by atoms with Crippen LogP contribution in [0.15, 0.2) is 30.3 Å². The normalized spacial score (nSPS) is 7.39. The third-order valence-corrected chi connectivity index (χ3v) is 2.15. The third kappa shape index (κ3) is 64.2. The zero-order valence-corrected chi connectivity index (χ0v) is 15.9. The first-order valence-corrected chi connectivity index (χ1v) is 8.13. The van der Waals surface area contributed by atoms with Gasteiger partial charge in [-0.3, -0.25) is 0 Å². The highest BCUT2D eigenvalue weighted by atomic mass is 16.1. The van der Waals surface area contributed by atoms with Crippen molar-refractivity contribution in [1.29, 1.82) is 0 Å². The SMILES string of the molecule is C=O.CC(C)=O.CC=O.CCCCCCC.Cc1ccccc1. The van der Waals surface area contributed by atoms with Crippen molar-refractivity contribution in [3.05, 3.63) is 35.9 Å². The molecule has 1 aromatic carbocycles. The van der Waals surface area contributed by atoms with Crippen LogP contribution < -0.4 is 0 Å². The first-order valence-electron chi connectivity index (χ1n) is 8.13. The van der Waals surface area contributed by atoms with Crippen LogP contribution in [0.25, 0.3) is 0 Å². The van der Waals surface area contributed by atoms with Crippen molar-refractivity contribution in [2.45, 2.75) is 73.6 Å². The molecule has 134 valence electrons. The predicted octanol–water partition coefficient (Wildman–Crippen LogP) is 5.59. The van der Waals surface area contributed by atoms with Gasteiger partial charge in [0.2, 0.25) is 0 Å². The van der Waals surface area contributed by atoms with E-state index in [4.69, 9.17) is 9.59 Å². The van der Waals surface area contributed by atoms with E-state index in [1.54, 1.807) is 0 Å². The number of rotatable bonds is 4. The van der Waals surface area contributed by atoms with E-state index >= 15 is 0 Å². The summed E-state index contributed by atoms with van der Waals surface area (Å²) in [6.45, 7) is 13.1. The molecule has 3 heteroatoms. The summed E-state index contributed by atoms with van der Waals surface area (Å²) in [4.78, 5) is 26.2. The Morgan fingerprint density at radius 3 is 1.43 bits per heavy atom. The quantitative estimate of drug-likeness (QED) is 0.536. The fourth-order valence-electron chi connectivity index (χ4n) is 1.21. The lowest BCUT2D eigenvalue weighted by Gasteiger charge is -1.90. The van der Waals surface area contributed by atoms with Crippen molar-refractivity contribution in [3.8, 4) is 0 Å². The molecule has 0 aliphatic heterocycles. The summed E-state index contributed by atoms with van der Waals surface area (Å²) < 4.78 is 0. The van der Waals surface area contributed by atoms with E-state index in [0.717, 1.165) is 6.29 Å². The van der Waals surface area contributed by atoms with Gasteiger partial charge in [0.05, 0.1) is 0 Å². The summed E-state index contributed by atoms with van der Waals surface area (Å²) in [5, 5.41) is 0. The Bertz CT molecular complexity index is 313. The van der Waals surface area contributed by atoms with Crippen molar-refractivity contribution in [2.24, 2.45) is 0 Å². The molecule has 0 N–H and O–H groups in total. The van der Waals surface area contributed by atoms with E-state index in [1.165, 1.54) is 58.4 Å². The maximum Gasteiger partial charge on any atom is 0.126 e. The van der Waals surface area contributed by atoms with Gasteiger partial charge in [-0.25, -0.2) is 0 Å². The Kier molecular flexibility index (Phi) is 41.0. The number of unbranched alkanes of at least 4 members (excludes halogenated alkanes) is 4. The number of carbonyl (C=O) groups is 3. The molecule has 0 amide bonds. The van der Waals surface area contributed by atoms with E-state index < -0.39 is 0 Å². The highest BCUT2D eigenvalue weighted by molar-refractivity contribution is 5.72. The summed E-state index contributed by atoms with van der Waals surface area (Å²) in [5.41, 5.74) is 1.32. The van der Waals surface area contributed by atoms with E-state index in [9.17, 15) is 4.79 Å². The molecule has 0 spiro atoms. The largest absolute Gasteiger partial charge is 0.307 e. The maximum atomic E-state index is 9.44. The number of benzene rings is 1. The molecule has 0 heterocycles. The molecular formula is C20H36O3. The summed E-state index contributed by atoms with van der Waals surface area (Å²) in [6, 6.07) is 10.3. The van der Waals surface area contributed by atoms with Crippen LogP contribution in [-0.4, -0.2) is 18.9 Å². The molecule has 1 aromatic rings. The fraction of sp³-hybridized carbons (Fsp3) is 0.550. The standard InChI is InChI=1S/C7H8.C7H16.C3H6O.C2H4O.CH2O/c1-7-5-3-2-4-6-7;1-3-5-7-6-4-2;1-3(2)4;1-2-3;1-2/h2-6H,1H3;3-7H2,1-2H3;1-2H3;2H,1H3;1H2. The van der Waals surface area contributed by atoms with Crippen LogP contribution in [-0.2, 0) is 14.4 Å². The number of Topliss-reactive ketones (excluding diaryl/α,β-unsaturated/α-hetero) is 1. The van der Waals surface area contributed by atoms with Gasteiger partial charge in [-0.05, 0) is 27.7 Å². The van der Waals surface area contributed by atoms with Crippen molar-refractivity contribution >= 4 is 18.9 Å². The highest BCUT2D eigenvalue weighted by Gasteiger charge is 1.80. The molecule has 0 radical (unpaired) electrons. The molecule has 0 fully saturated rings. The van der Waals surface area contributed by atoms with Gasteiger partial charge in [-0.1, -0.05) is 81.8 Å². The molecule has 0 unspecified atom stereocenters. The van der Waals surface area contributed by atoms with Crippen LogP contribution in [0.2, 0.25) is 0 Å². The molecule has 0 aromatic heterocycles. The average Bonchev–Trinajstić information content (AvgIpc) is 2.51. The van der Waals surface area contributed by atoms with E-state index in [2.05, 4.69) is 32.9 Å². The first kappa shape index (κ1) is 29.3. The number of aldehydes is 1. The predicted molar refractivity (Wildman–Crippen MR) is 101 cm³/mol. The lowest BCUT2D eigenvalue weighted by Crippen LogP contribution is -1.70. The Morgan fingerprint density at radius 1 is 0.957 bits per heavy atom. The van der Waals surface area contributed by atoms with Crippen LogP contribution in [0.5, 0.6) is 0 Å². The lowest BCUT2D eigenvalue weighted by molar-refractivity contribution is -0.115. The molecule has 23 heavy (non-hydrogen) atoms. The zero-order valence-electron chi connectivity index (χ0n) is 15.9. The number of hydrogen-bond donors (Lipinski definition) is 0. The Labute approximate surface area is 143 Å². The summed E-state index contributed by atoms with van der Waals surface area (Å²) >= 11 is 0. The average molecular weight is 325 g/mol. The highest BCUT2D eigenvalue weighted by Crippen LogP contribution is 2.00. The minimum absolute atomic E-state index is 0.167. The second kappa shape index (κ2) is 32.3. The van der Waals surface area contributed by atoms with Gasteiger partial charge >= 0.3 is 0 Å². The number of carbonyl (C=O) groups excluding carboxylic acids is 3. The van der Waals surface area contributed by atoms with Crippen LogP contribution >= 0.6 is 0 Å². The first-order chi connectivity index (χ1) is 11.0. The number of hydrogen-bond acceptors (Lipinski definition) is 3. The van der Waals surface area contributed by atoms with E-state index in [1.807, 2.05) is 25.0 Å². The Balaban J connectivity index is -0.000000106. The van der Waals surface area contributed by atoms with Gasteiger partial charge in [0.1, 0.15) is 18.9 Å². The summed E-state index contributed by atoms with van der Waals surface area (Å²) in [5.74, 6) is 0.167. The molecular weight excluding hydrogens is 288 g/mol. The van der Waals surface area contributed by atoms with Crippen LogP contribution in [0, 0.1) is 6.92 Å². The minimum atomic E-state index is 0.167. The van der Waals surface area contributed by atoms with Gasteiger partial charge < -0.3 is 14.4 Å². The molecule has 0 saturated heterocycles. The van der Waals surface area contributed by atoms with Crippen molar-refractivity contribution in [2.75, 3.05) is 0 Å². The van der Waals surface area contributed by atoms with Crippen molar-refractivity contribution in [3.63, 3.8) is 0 Å². The van der Waals surface area contributed by atoms with Crippen LogP contribution in [0.1, 0.15) is 72.3 Å². The van der Waals surface area contributed by atoms with Crippen LogP contribution in [0.4, 0.5) is 0 Å². The van der Waals surface area contributed by atoms with Crippen molar-refractivity contribution in [1.82, 2.24) is 0 Å². The molecule has 1 rings (SSSR count). The Hall–Kier alpha value is -1.77. The molecule has 3 nitrogen and oxygen atoms in total.